The van der Waals surface area contributed by atoms with Crippen molar-refractivity contribution in [3.05, 3.63) is 12.8 Å². The molecule has 0 saturated heterocycles. The van der Waals surface area contributed by atoms with E-state index in [4.69, 9.17) is 11.6 Å². The molecule has 0 fully saturated rings. The average molecular weight is 179 g/mol. The van der Waals surface area contributed by atoms with Crippen LogP contribution in [0.15, 0.2) is 12.8 Å². The Balaban J connectivity index is 3.81. The highest BCUT2D eigenvalue weighted by Crippen LogP contribution is 2.01. The fourth-order valence-electron chi connectivity index (χ4n) is 0.329. The molecule has 0 radical (unpaired) electrons. The minimum Gasteiger partial charge on any atom is -0.434 e. The zero-order chi connectivity index (χ0) is 8.85. The first-order valence-corrected chi connectivity index (χ1v) is 3.14. The lowest BCUT2D eigenvalue weighted by Gasteiger charge is -2.05. The number of rotatable bonds is 3. The molecule has 5 heteroatoms. The Morgan fingerprint density at radius 2 is 2.18 bits per heavy atom. The highest BCUT2D eigenvalue weighted by atomic mass is 35.5. The van der Waals surface area contributed by atoms with Crippen LogP contribution in [-0.2, 0) is 19.1 Å². The fraction of sp³-hybridized carbons (Fsp3) is 0.333. The number of hydrogen-bond donors (Lipinski definition) is 0. The van der Waals surface area contributed by atoms with Gasteiger partial charge in [-0.3, -0.25) is 4.79 Å². The summed E-state index contributed by atoms with van der Waals surface area (Å²) in [6.07, 6.45) is 0.904. The molecule has 62 valence electrons. The first-order valence-electron chi connectivity index (χ1n) is 2.70. The fourth-order valence-corrected chi connectivity index (χ4v) is 0.506. The highest BCUT2D eigenvalue weighted by Gasteiger charge is 2.18. The molecule has 0 aromatic rings. The van der Waals surface area contributed by atoms with Crippen LogP contribution in [0.25, 0.3) is 0 Å². The summed E-state index contributed by atoms with van der Waals surface area (Å²) in [5.41, 5.74) is -1.40. The summed E-state index contributed by atoms with van der Waals surface area (Å²) in [7, 11) is 0. The van der Waals surface area contributed by atoms with Gasteiger partial charge in [0.25, 0.3) is 5.56 Å². The van der Waals surface area contributed by atoms with E-state index >= 15 is 0 Å². The quantitative estimate of drug-likeness (QED) is 0.365. The van der Waals surface area contributed by atoms with Crippen molar-refractivity contribution in [3.8, 4) is 0 Å². The Kier molecular flexibility index (Phi) is 4.29. The lowest BCUT2D eigenvalue weighted by molar-refractivity contribution is -0.157. The molecular formula is C6H7ClO4. The number of hydrogen-bond acceptors (Lipinski definition) is 4. The molecule has 0 aliphatic rings. The van der Waals surface area contributed by atoms with Crippen LogP contribution >= 0.6 is 11.6 Å². The highest BCUT2D eigenvalue weighted by molar-refractivity contribution is 6.29. The molecule has 0 saturated carbocycles. The zero-order valence-electron chi connectivity index (χ0n) is 5.87. The molecule has 0 bridgehead atoms. The lowest BCUT2D eigenvalue weighted by atomic mass is 10.7. The van der Waals surface area contributed by atoms with Crippen LogP contribution in [0.3, 0.4) is 0 Å². The molecule has 0 rings (SSSR count). The van der Waals surface area contributed by atoms with Gasteiger partial charge in [-0.2, -0.15) is 0 Å². The van der Waals surface area contributed by atoms with Crippen LogP contribution in [0.2, 0.25) is 0 Å². The average Bonchev–Trinajstić information content (AvgIpc) is 1.86. The third-order valence-corrected chi connectivity index (χ3v) is 0.921. The number of halogens is 1. The summed E-state index contributed by atoms with van der Waals surface area (Å²) < 4.78 is 8.49. The van der Waals surface area contributed by atoms with Gasteiger partial charge >= 0.3 is 11.9 Å². The summed E-state index contributed by atoms with van der Waals surface area (Å²) in [5, 5.41) is 0. The minimum absolute atomic E-state index is 0.647. The SMILES string of the molecule is C=COC(=O)C(Cl)OC(C)=O. The van der Waals surface area contributed by atoms with E-state index in [9.17, 15) is 9.59 Å². The number of alkyl halides is 1. The molecule has 0 heterocycles. The molecular weight excluding hydrogens is 172 g/mol. The van der Waals surface area contributed by atoms with Crippen molar-refractivity contribution in [2.45, 2.75) is 12.5 Å². The number of carbonyl (C=O) groups excluding carboxylic acids is 2. The van der Waals surface area contributed by atoms with Gasteiger partial charge in [0.1, 0.15) is 0 Å². The molecule has 0 amide bonds. The van der Waals surface area contributed by atoms with E-state index in [0.717, 1.165) is 13.2 Å². The summed E-state index contributed by atoms with van der Waals surface area (Å²) in [6, 6.07) is 0. The van der Waals surface area contributed by atoms with Crippen molar-refractivity contribution in [2.24, 2.45) is 0 Å². The first kappa shape index (κ1) is 9.97. The predicted molar refractivity (Wildman–Crippen MR) is 37.7 cm³/mol. The van der Waals surface area contributed by atoms with Crippen molar-refractivity contribution in [1.29, 1.82) is 0 Å². The molecule has 0 aliphatic carbocycles. The number of esters is 2. The van der Waals surface area contributed by atoms with Gasteiger partial charge in [-0.05, 0) is 0 Å². The van der Waals surface area contributed by atoms with E-state index in [1.807, 2.05) is 0 Å². The van der Waals surface area contributed by atoms with Crippen LogP contribution < -0.4 is 0 Å². The largest absolute Gasteiger partial charge is 0.434 e. The second-order valence-electron chi connectivity index (χ2n) is 1.53. The van der Waals surface area contributed by atoms with E-state index in [1.54, 1.807) is 0 Å². The van der Waals surface area contributed by atoms with E-state index in [-0.39, 0.29) is 0 Å². The van der Waals surface area contributed by atoms with Crippen LogP contribution in [0.5, 0.6) is 0 Å². The molecule has 0 aliphatic heterocycles. The Hall–Kier alpha value is -1.03. The maximum absolute atomic E-state index is 10.6. The molecule has 0 aromatic carbocycles. The van der Waals surface area contributed by atoms with Crippen molar-refractivity contribution in [3.63, 3.8) is 0 Å². The normalized spacial score (nSPS) is 11.5. The van der Waals surface area contributed by atoms with Gasteiger partial charge < -0.3 is 9.47 Å². The maximum Gasteiger partial charge on any atom is 0.368 e. The molecule has 0 N–H and O–H groups in total. The standard InChI is InChI=1S/C6H7ClO4/c1-3-10-6(9)5(7)11-4(2)8/h3,5H,1H2,2H3. The number of ether oxygens (including phenoxy) is 2. The zero-order valence-corrected chi connectivity index (χ0v) is 6.63. The Morgan fingerprint density at radius 3 is 2.55 bits per heavy atom. The first-order chi connectivity index (χ1) is 5.07. The summed E-state index contributed by atoms with van der Waals surface area (Å²) in [5.74, 6) is -1.51. The second kappa shape index (κ2) is 4.73. The van der Waals surface area contributed by atoms with E-state index in [0.29, 0.717) is 0 Å². The van der Waals surface area contributed by atoms with E-state index in [1.165, 1.54) is 0 Å². The van der Waals surface area contributed by atoms with Crippen LogP contribution in [0.1, 0.15) is 6.92 Å². The van der Waals surface area contributed by atoms with Crippen molar-refractivity contribution < 1.29 is 19.1 Å². The van der Waals surface area contributed by atoms with Crippen LogP contribution in [0, 0.1) is 0 Å². The maximum atomic E-state index is 10.6. The van der Waals surface area contributed by atoms with Gasteiger partial charge in [-0.25, -0.2) is 4.79 Å². The molecule has 11 heavy (non-hydrogen) atoms. The Bertz CT molecular complexity index is 177. The van der Waals surface area contributed by atoms with Gasteiger partial charge in [0.05, 0.1) is 6.26 Å². The van der Waals surface area contributed by atoms with Gasteiger partial charge in [0, 0.05) is 6.92 Å². The smallest absolute Gasteiger partial charge is 0.368 e. The van der Waals surface area contributed by atoms with Gasteiger partial charge in [-0.15, -0.1) is 0 Å². The molecule has 4 nitrogen and oxygen atoms in total. The van der Waals surface area contributed by atoms with Gasteiger partial charge in [0.2, 0.25) is 0 Å². The van der Waals surface area contributed by atoms with Crippen molar-refractivity contribution in [2.75, 3.05) is 0 Å². The molecule has 0 spiro atoms. The topological polar surface area (TPSA) is 52.6 Å². The number of carbonyl (C=O) groups is 2. The predicted octanol–water partition coefficient (Wildman–Crippen LogP) is 0.801. The second-order valence-corrected chi connectivity index (χ2v) is 1.93. The lowest BCUT2D eigenvalue weighted by Crippen LogP contribution is -2.21. The Labute approximate surface area is 68.7 Å². The summed E-state index contributed by atoms with van der Waals surface area (Å²) in [6.45, 7) is 4.26. The van der Waals surface area contributed by atoms with Crippen LogP contribution in [0.4, 0.5) is 0 Å². The minimum atomic E-state index is -1.40. The van der Waals surface area contributed by atoms with Crippen molar-refractivity contribution >= 4 is 23.5 Å². The van der Waals surface area contributed by atoms with E-state index in [2.05, 4.69) is 16.1 Å². The summed E-state index contributed by atoms with van der Waals surface area (Å²) >= 11 is 5.24. The third kappa shape index (κ3) is 4.38. The summed E-state index contributed by atoms with van der Waals surface area (Å²) in [4.78, 5) is 20.8. The van der Waals surface area contributed by atoms with Gasteiger partial charge in [0.15, 0.2) is 0 Å². The monoisotopic (exact) mass is 178 g/mol. The van der Waals surface area contributed by atoms with Gasteiger partial charge in [-0.1, -0.05) is 18.2 Å². The molecule has 1 unspecified atom stereocenters. The Morgan fingerprint density at radius 1 is 1.64 bits per heavy atom. The van der Waals surface area contributed by atoms with Crippen molar-refractivity contribution in [1.82, 2.24) is 0 Å². The molecule has 0 aromatic heterocycles. The van der Waals surface area contributed by atoms with Crippen LogP contribution in [-0.4, -0.2) is 17.5 Å². The van der Waals surface area contributed by atoms with E-state index < -0.39 is 17.5 Å². The molecule has 1 atom stereocenters. The third-order valence-electron chi connectivity index (χ3n) is 0.654.